The van der Waals surface area contributed by atoms with Crippen molar-refractivity contribution < 1.29 is 14.3 Å². The lowest BCUT2D eigenvalue weighted by atomic mass is 10.2. The number of benzene rings is 1. The normalized spacial score (nSPS) is 10.6. The third kappa shape index (κ3) is 2.67. The third-order valence-corrected chi connectivity index (χ3v) is 3.33. The second kappa shape index (κ2) is 5.18. The lowest BCUT2D eigenvalue weighted by Crippen LogP contribution is -2.01. The van der Waals surface area contributed by atoms with Crippen LogP contribution in [-0.4, -0.2) is 25.8 Å². The number of aryl methyl sites for hydroxylation is 1. The number of hydrogen-bond acceptors (Lipinski definition) is 4. The monoisotopic (exact) mass is 267 g/mol. The van der Waals surface area contributed by atoms with E-state index in [4.69, 9.17) is 5.11 Å². The molecule has 0 aliphatic heterocycles. The number of thioether (sulfide) groups is 1. The molecule has 0 aliphatic carbocycles. The summed E-state index contributed by atoms with van der Waals surface area (Å²) in [6.07, 6.45) is 1.45. The number of carboxylic acid groups (broad SMARTS) is 1. The average Bonchev–Trinajstić information content (AvgIpc) is 2.73. The van der Waals surface area contributed by atoms with Crippen LogP contribution in [0.25, 0.3) is 0 Å². The Morgan fingerprint density at radius 2 is 2.33 bits per heavy atom. The average molecular weight is 267 g/mol. The summed E-state index contributed by atoms with van der Waals surface area (Å²) in [5, 5.41) is 12.7. The van der Waals surface area contributed by atoms with Crippen LogP contribution in [-0.2, 0) is 12.8 Å². The van der Waals surface area contributed by atoms with Crippen molar-refractivity contribution in [1.29, 1.82) is 0 Å². The Hall–Kier alpha value is -1.89. The minimum absolute atomic E-state index is 0.321. The largest absolute Gasteiger partial charge is 0.478 e. The predicted octanol–water partition coefficient (Wildman–Crippen LogP) is 1.94. The molecule has 5 nitrogen and oxygen atoms in total. The van der Waals surface area contributed by atoms with Crippen molar-refractivity contribution in [2.75, 3.05) is 0 Å². The predicted molar refractivity (Wildman–Crippen MR) is 63.9 cm³/mol. The van der Waals surface area contributed by atoms with Crippen LogP contribution in [0.2, 0.25) is 0 Å². The molecule has 2 aromatic rings. The number of hydrogen-bond donors (Lipinski definition) is 1. The first-order chi connectivity index (χ1) is 8.58. The first-order valence-corrected chi connectivity index (χ1v) is 6.05. The molecule has 0 saturated carbocycles. The molecule has 0 radical (unpaired) electrons. The van der Waals surface area contributed by atoms with Gasteiger partial charge in [0, 0.05) is 11.9 Å². The molecule has 0 bridgehead atoms. The lowest BCUT2D eigenvalue weighted by Gasteiger charge is -2.03. The first kappa shape index (κ1) is 12.6. The zero-order valence-electron chi connectivity index (χ0n) is 9.50. The fraction of sp³-hybridized carbons (Fsp3) is 0.182. The van der Waals surface area contributed by atoms with Crippen molar-refractivity contribution in [3.63, 3.8) is 0 Å². The van der Waals surface area contributed by atoms with Crippen LogP contribution < -0.4 is 0 Å². The van der Waals surface area contributed by atoms with Gasteiger partial charge in [-0.15, -0.1) is 11.8 Å². The van der Waals surface area contributed by atoms with E-state index in [-0.39, 0.29) is 5.56 Å². The molecule has 18 heavy (non-hydrogen) atoms. The van der Waals surface area contributed by atoms with Gasteiger partial charge in [-0.3, -0.25) is 4.68 Å². The zero-order chi connectivity index (χ0) is 13.1. The van der Waals surface area contributed by atoms with Gasteiger partial charge in [0.2, 0.25) is 0 Å². The van der Waals surface area contributed by atoms with E-state index in [1.165, 1.54) is 24.2 Å². The number of rotatable bonds is 4. The molecule has 0 atom stereocenters. The van der Waals surface area contributed by atoms with E-state index in [1.807, 2.05) is 0 Å². The molecule has 1 aromatic heterocycles. The Balaban J connectivity index is 2.13. The number of aromatic carboxylic acids is 1. The van der Waals surface area contributed by atoms with E-state index in [1.54, 1.807) is 17.8 Å². The molecule has 1 aromatic carbocycles. The third-order valence-electron chi connectivity index (χ3n) is 2.34. The SMILES string of the molecule is Cn1ncnc1CSc1ccc(F)c(C(=O)O)c1. The Kier molecular flexibility index (Phi) is 3.61. The Labute approximate surface area is 107 Å². The summed E-state index contributed by atoms with van der Waals surface area (Å²) < 4.78 is 14.8. The van der Waals surface area contributed by atoms with Gasteiger partial charge in [-0.1, -0.05) is 0 Å². The summed E-state index contributed by atoms with van der Waals surface area (Å²) in [6, 6.07) is 4.02. The van der Waals surface area contributed by atoms with Crippen LogP contribution in [0.4, 0.5) is 4.39 Å². The Morgan fingerprint density at radius 1 is 1.56 bits per heavy atom. The van der Waals surface area contributed by atoms with Gasteiger partial charge in [-0.2, -0.15) is 5.10 Å². The van der Waals surface area contributed by atoms with Crippen LogP contribution in [0.1, 0.15) is 16.2 Å². The highest BCUT2D eigenvalue weighted by molar-refractivity contribution is 7.98. The van der Waals surface area contributed by atoms with Crippen LogP contribution in [0.3, 0.4) is 0 Å². The highest BCUT2D eigenvalue weighted by atomic mass is 32.2. The van der Waals surface area contributed by atoms with Crippen LogP contribution in [0.5, 0.6) is 0 Å². The van der Waals surface area contributed by atoms with E-state index >= 15 is 0 Å². The van der Waals surface area contributed by atoms with Crippen molar-refractivity contribution in [1.82, 2.24) is 14.8 Å². The fourth-order valence-electron chi connectivity index (χ4n) is 1.36. The van der Waals surface area contributed by atoms with E-state index in [0.717, 1.165) is 11.9 Å². The molecular formula is C11H10FN3O2S. The number of halogens is 1. The van der Waals surface area contributed by atoms with Gasteiger partial charge in [-0.05, 0) is 18.2 Å². The molecule has 1 heterocycles. The Morgan fingerprint density at radius 3 is 2.94 bits per heavy atom. The maximum atomic E-state index is 13.2. The number of carbonyl (C=O) groups is 1. The maximum absolute atomic E-state index is 13.2. The maximum Gasteiger partial charge on any atom is 0.338 e. The van der Waals surface area contributed by atoms with Crippen molar-refractivity contribution in [2.45, 2.75) is 10.6 Å². The van der Waals surface area contributed by atoms with Gasteiger partial charge in [0.25, 0.3) is 0 Å². The second-order valence-corrected chi connectivity index (χ2v) is 4.58. The second-order valence-electron chi connectivity index (χ2n) is 3.54. The summed E-state index contributed by atoms with van der Waals surface area (Å²) in [5.41, 5.74) is -0.321. The minimum Gasteiger partial charge on any atom is -0.478 e. The van der Waals surface area contributed by atoms with Crippen molar-refractivity contribution in [2.24, 2.45) is 7.05 Å². The molecular weight excluding hydrogens is 257 g/mol. The van der Waals surface area contributed by atoms with E-state index in [9.17, 15) is 9.18 Å². The van der Waals surface area contributed by atoms with E-state index in [2.05, 4.69) is 10.1 Å². The van der Waals surface area contributed by atoms with Crippen LogP contribution in [0.15, 0.2) is 29.4 Å². The molecule has 7 heteroatoms. The summed E-state index contributed by atoms with van der Waals surface area (Å²) in [6.45, 7) is 0. The van der Waals surface area contributed by atoms with Crippen LogP contribution >= 0.6 is 11.8 Å². The lowest BCUT2D eigenvalue weighted by molar-refractivity contribution is 0.0691. The van der Waals surface area contributed by atoms with Crippen molar-refractivity contribution in [3.8, 4) is 0 Å². The smallest absolute Gasteiger partial charge is 0.338 e. The summed E-state index contributed by atoms with van der Waals surface area (Å²) >= 11 is 1.38. The van der Waals surface area contributed by atoms with Gasteiger partial charge in [0.05, 0.1) is 11.3 Å². The fourth-order valence-corrected chi connectivity index (χ4v) is 2.28. The minimum atomic E-state index is -1.27. The topological polar surface area (TPSA) is 68.0 Å². The van der Waals surface area contributed by atoms with Gasteiger partial charge < -0.3 is 5.11 Å². The molecule has 0 saturated heterocycles. The molecule has 1 N–H and O–H groups in total. The quantitative estimate of drug-likeness (QED) is 0.857. The van der Waals surface area contributed by atoms with E-state index < -0.39 is 11.8 Å². The highest BCUT2D eigenvalue weighted by Crippen LogP contribution is 2.24. The van der Waals surface area contributed by atoms with Gasteiger partial charge >= 0.3 is 5.97 Å². The molecule has 0 spiro atoms. The molecule has 0 aliphatic rings. The van der Waals surface area contributed by atoms with Gasteiger partial charge in [-0.25, -0.2) is 14.2 Å². The summed E-state index contributed by atoms with van der Waals surface area (Å²) in [5.74, 6) is -0.693. The molecule has 0 unspecified atom stereocenters. The number of aromatic nitrogens is 3. The van der Waals surface area contributed by atoms with Crippen LogP contribution in [0, 0.1) is 5.82 Å². The van der Waals surface area contributed by atoms with Gasteiger partial charge in [0.15, 0.2) is 0 Å². The zero-order valence-corrected chi connectivity index (χ0v) is 10.3. The molecule has 0 amide bonds. The Bertz CT molecular complexity index is 585. The first-order valence-electron chi connectivity index (χ1n) is 5.06. The number of carboxylic acids is 1. The standard InChI is InChI=1S/C11H10FN3O2S/c1-15-10(13-6-14-15)5-18-7-2-3-9(12)8(4-7)11(16)17/h2-4,6H,5H2,1H3,(H,16,17). The molecule has 2 rings (SSSR count). The van der Waals surface area contributed by atoms with Crippen molar-refractivity contribution in [3.05, 3.63) is 41.7 Å². The van der Waals surface area contributed by atoms with Gasteiger partial charge in [0.1, 0.15) is 18.0 Å². The van der Waals surface area contributed by atoms with Crippen molar-refractivity contribution >= 4 is 17.7 Å². The van der Waals surface area contributed by atoms with E-state index in [0.29, 0.717) is 10.6 Å². The summed E-state index contributed by atoms with van der Waals surface area (Å²) in [7, 11) is 1.77. The molecule has 0 fully saturated rings. The summed E-state index contributed by atoms with van der Waals surface area (Å²) in [4.78, 5) is 15.5. The molecule has 94 valence electrons. The highest BCUT2D eigenvalue weighted by Gasteiger charge is 2.11. The number of nitrogens with zero attached hydrogens (tertiary/aromatic N) is 3.